The normalized spacial score (nSPS) is 26.9. The number of carbonyl (C=O) groups is 2. The number of ether oxygens (including phenoxy) is 1. The van der Waals surface area contributed by atoms with Crippen LogP contribution in [0.15, 0.2) is 12.1 Å². The summed E-state index contributed by atoms with van der Waals surface area (Å²) >= 11 is 4.12. The number of nitrogens with zero attached hydrogens (tertiary/aromatic N) is 1. The average Bonchev–Trinajstić information content (AvgIpc) is 2.77. The van der Waals surface area contributed by atoms with Gasteiger partial charge in [0, 0.05) is 13.5 Å². The molecule has 0 spiro atoms. The summed E-state index contributed by atoms with van der Waals surface area (Å²) in [7, 11) is 1.91. The van der Waals surface area contributed by atoms with E-state index < -0.39 is 20.8 Å². The molecule has 1 aromatic rings. The molecule has 2 amide bonds. The molecule has 0 aliphatic carbocycles. The van der Waals surface area contributed by atoms with Gasteiger partial charge >= 0.3 is 0 Å². The minimum absolute atomic E-state index is 0.0329. The first-order chi connectivity index (χ1) is 10.9. The maximum absolute atomic E-state index is 12.2. The van der Waals surface area contributed by atoms with Crippen molar-refractivity contribution in [3.63, 3.8) is 0 Å². The van der Waals surface area contributed by atoms with Crippen LogP contribution < -0.4 is 15.0 Å². The van der Waals surface area contributed by atoms with Gasteiger partial charge in [0.25, 0.3) is 0 Å². The molecule has 1 N–H and O–H groups in total. The third kappa shape index (κ3) is 2.74. The van der Waals surface area contributed by atoms with Gasteiger partial charge in [0.15, 0.2) is 0 Å². The van der Waals surface area contributed by atoms with Crippen LogP contribution in [0.4, 0.5) is 5.69 Å². The Balaban J connectivity index is 2.00. The lowest BCUT2D eigenvalue weighted by atomic mass is 9.93. The Morgan fingerprint density at radius 3 is 2.74 bits per heavy atom. The summed E-state index contributed by atoms with van der Waals surface area (Å²) in [4.78, 5) is 25.5. The van der Waals surface area contributed by atoms with Crippen molar-refractivity contribution in [2.45, 2.75) is 29.2 Å². The van der Waals surface area contributed by atoms with E-state index in [1.54, 1.807) is 25.1 Å². The SMILES string of the molecule is COc1ccc(CC2C(=O)NC(S)S2=O)c2c1N(C)C(=O)CC2. The topological polar surface area (TPSA) is 75.7 Å². The van der Waals surface area contributed by atoms with Crippen molar-refractivity contribution in [3.8, 4) is 5.75 Å². The minimum atomic E-state index is -1.37. The number of carbonyl (C=O) groups excluding carboxylic acids is 2. The highest BCUT2D eigenvalue weighted by atomic mass is 32.2. The van der Waals surface area contributed by atoms with Gasteiger partial charge in [0.05, 0.1) is 23.6 Å². The third-order valence-corrected chi connectivity index (χ3v) is 6.58. The third-order valence-electron chi connectivity index (χ3n) is 4.32. The first-order valence-corrected chi connectivity index (χ1v) is 9.06. The van der Waals surface area contributed by atoms with E-state index in [0.717, 1.165) is 16.8 Å². The predicted octanol–water partition coefficient (Wildman–Crippen LogP) is 0.607. The second-order valence-corrected chi connectivity index (χ2v) is 8.15. The van der Waals surface area contributed by atoms with E-state index in [9.17, 15) is 13.8 Å². The number of rotatable bonds is 3. The zero-order valence-electron chi connectivity index (χ0n) is 12.9. The van der Waals surface area contributed by atoms with Crippen LogP contribution in [0.3, 0.4) is 0 Å². The summed E-state index contributed by atoms with van der Waals surface area (Å²) in [5, 5.41) is 1.98. The molecule has 1 fully saturated rings. The van der Waals surface area contributed by atoms with Gasteiger partial charge in [-0.1, -0.05) is 6.07 Å². The molecule has 23 heavy (non-hydrogen) atoms. The highest BCUT2D eigenvalue weighted by Gasteiger charge is 2.38. The van der Waals surface area contributed by atoms with Gasteiger partial charge in [-0.3, -0.25) is 13.8 Å². The molecule has 124 valence electrons. The molecule has 0 radical (unpaired) electrons. The molecule has 2 aliphatic rings. The van der Waals surface area contributed by atoms with Gasteiger partial charge in [-0.25, -0.2) is 0 Å². The number of hydrogen-bond donors (Lipinski definition) is 2. The van der Waals surface area contributed by atoms with Gasteiger partial charge in [0.1, 0.15) is 15.7 Å². The minimum Gasteiger partial charge on any atom is -0.495 e. The molecular weight excluding hydrogens is 336 g/mol. The fraction of sp³-hybridized carbons (Fsp3) is 0.467. The lowest BCUT2D eigenvalue weighted by molar-refractivity contribution is -0.120. The maximum atomic E-state index is 12.2. The van der Waals surface area contributed by atoms with Crippen molar-refractivity contribution in [3.05, 3.63) is 23.3 Å². The Kier molecular flexibility index (Phi) is 4.37. The van der Waals surface area contributed by atoms with Crippen LogP contribution in [0.25, 0.3) is 0 Å². The summed E-state index contributed by atoms with van der Waals surface area (Å²) in [5.74, 6) is 0.419. The van der Waals surface area contributed by atoms with Crippen molar-refractivity contribution in [1.29, 1.82) is 0 Å². The lowest BCUT2D eigenvalue weighted by Crippen LogP contribution is -2.33. The van der Waals surface area contributed by atoms with Gasteiger partial charge < -0.3 is 15.0 Å². The summed E-state index contributed by atoms with van der Waals surface area (Å²) in [6.07, 6.45) is 1.37. The Labute approximate surface area is 142 Å². The fourth-order valence-electron chi connectivity index (χ4n) is 3.09. The van der Waals surface area contributed by atoms with Crippen molar-refractivity contribution < 1.29 is 18.5 Å². The van der Waals surface area contributed by atoms with E-state index in [1.165, 1.54) is 0 Å². The van der Waals surface area contributed by atoms with Crippen LogP contribution in [0.2, 0.25) is 0 Å². The molecule has 3 rings (SSSR count). The zero-order chi connectivity index (χ0) is 16.7. The first-order valence-electron chi connectivity index (χ1n) is 7.27. The molecule has 0 aromatic heterocycles. The number of anilines is 1. The predicted molar refractivity (Wildman–Crippen MR) is 91.3 cm³/mol. The Hall–Kier alpha value is -1.54. The van der Waals surface area contributed by atoms with Crippen molar-refractivity contribution in [2.75, 3.05) is 19.1 Å². The number of thiol groups is 1. The molecule has 8 heteroatoms. The van der Waals surface area contributed by atoms with Crippen molar-refractivity contribution in [2.24, 2.45) is 0 Å². The van der Waals surface area contributed by atoms with Gasteiger partial charge in [-0.05, 0) is 30.0 Å². The second kappa shape index (κ2) is 6.16. The van der Waals surface area contributed by atoms with Crippen LogP contribution in [-0.4, -0.2) is 40.1 Å². The summed E-state index contributed by atoms with van der Waals surface area (Å²) in [5.41, 5.74) is 2.66. The molecule has 2 heterocycles. The monoisotopic (exact) mass is 354 g/mol. The smallest absolute Gasteiger partial charge is 0.237 e. The lowest BCUT2D eigenvalue weighted by Gasteiger charge is -2.29. The number of nitrogens with one attached hydrogen (secondary N) is 1. The molecule has 0 saturated carbocycles. The molecule has 0 bridgehead atoms. The van der Waals surface area contributed by atoms with Crippen LogP contribution in [0.5, 0.6) is 5.75 Å². The molecule has 2 aliphatic heterocycles. The first kappa shape index (κ1) is 16.3. The molecular formula is C15H18N2O4S2. The molecule has 6 nitrogen and oxygen atoms in total. The largest absolute Gasteiger partial charge is 0.495 e. The van der Waals surface area contributed by atoms with Gasteiger partial charge in [-0.2, -0.15) is 0 Å². The molecule has 3 atom stereocenters. The second-order valence-electron chi connectivity index (χ2n) is 5.59. The van der Waals surface area contributed by atoms with Crippen LogP contribution >= 0.6 is 12.6 Å². The Bertz CT molecular complexity index is 707. The van der Waals surface area contributed by atoms with E-state index in [1.807, 2.05) is 6.07 Å². The van der Waals surface area contributed by atoms with Crippen molar-refractivity contribution >= 4 is 40.9 Å². The Morgan fingerprint density at radius 1 is 1.39 bits per heavy atom. The van der Waals surface area contributed by atoms with E-state index in [4.69, 9.17) is 4.74 Å². The standard InChI is InChI=1S/C15H18N2O4S2/c1-17-12(18)6-4-9-8(3-5-10(21-2)13(9)17)7-11-14(19)16-15(22)23(11)20/h3,5,11,15,22H,4,6-7H2,1-2H3,(H,16,19). The Morgan fingerprint density at radius 2 is 2.13 bits per heavy atom. The summed E-state index contributed by atoms with van der Waals surface area (Å²) in [6, 6.07) is 3.68. The molecule has 3 unspecified atom stereocenters. The van der Waals surface area contributed by atoms with E-state index in [2.05, 4.69) is 17.9 Å². The summed E-state index contributed by atoms with van der Waals surface area (Å²) < 4.78 is 16.9. The van der Waals surface area contributed by atoms with Crippen molar-refractivity contribution in [1.82, 2.24) is 5.32 Å². The van der Waals surface area contributed by atoms with E-state index >= 15 is 0 Å². The van der Waals surface area contributed by atoms with E-state index in [-0.39, 0.29) is 11.8 Å². The number of fused-ring (bicyclic) bond motifs is 1. The molecule has 1 aromatic carbocycles. The number of amides is 2. The highest BCUT2D eigenvalue weighted by Crippen LogP contribution is 2.39. The maximum Gasteiger partial charge on any atom is 0.237 e. The number of benzene rings is 1. The van der Waals surface area contributed by atoms with Gasteiger partial charge in [-0.15, -0.1) is 12.6 Å². The summed E-state index contributed by atoms with van der Waals surface area (Å²) in [6.45, 7) is 0. The van der Waals surface area contributed by atoms with E-state index in [0.29, 0.717) is 25.0 Å². The average molecular weight is 354 g/mol. The number of hydrogen-bond acceptors (Lipinski definition) is 5. The zero-order valence-corrected chi connectivity index (χ0v) is 14.6. The van der Waals surface area contributed by atoms with Crippen LogP contribution in [0, 0.1) is 0 Å². The van der Waals surface area contributed by atoms with Gasteiger partial charge in [0.2, 0.25) is 11.8 Å². The molecule has 1 saturated heterocycles. The quantitative estimate of drug-likeness (QED) is 0.780. The fourth-order valence-corrected chi connectivity index (χ4v) is 4.83. The number of methoxy groups -OCH3 is 1. The van der Waals surface area contributed by atoms with Crippen LogP contribution in [0.1, 0.15) is 17.5 Å². The highest BCUT2D eigenvalue weighted by molar-refractivity contribution is 8.02. The van der Waals surface area contributed by atoms with Crippen LogP contribution in [-0.2, 0) is 33.2 Å².